The molecule has 37 heavy (non-hydrogen) atoms. The summed E-state index contributed by atoms with van der Waals surface area (Å²) in [7, 11) is 1.59. The second-order valence-corrected chi connectivity index (χ2v) is 9.29. The summed E-state index contributed by atoms with van der Waals surface area (Å²) in [5.41, 5.74) is 5.58. The van der Waals surface area contributed by atoms with Gasteiger partial charge in [-0.2, -0.15) is 5.26 Å². The SMILES string of the molecule is COc1cc(C#N)cc(C)c1-c1ccc2ccc(C3CCCN(C(=O)OCc4ccccc4)C3)nc2n1. The van der Waals surface area contributed by atoms with Crippen LogP contribution >= 0.6 is 0 Å². The molecule has 1 saturated heterocycles. The predicted molar refractivity (Wildman–Crippen MR) is 141 cm³/mol. The number of aromatic nitrogens is 2. The Labute approximate surface area is 216 Å². The Morgan fingerprint density at radius 2 is 1.92 bits per heavy atom. The number of amides is 1. The summed E-state index contributed by atoms with van der Waals surface area (Å²) in [4.78, 5) is 24.3. The molecule has 3 heterocycles. The molecule has 0 bridgehead atoms. The minimum absolute atomic E-state index is 0.110. The maximum absolute atomic E-state index is 12.7. The second kappa shape index (κ2) is 10.7. The summed E-state index contributed by atoms with van der Waals surface area (Å²) in [6.07, 6.45) is 1.54. The number of pyridine rings is 2. The van der Waals surface area contributed by atoms with Crippen molar-refractivity contribution in [3.8, 4) is 23.1 Å². The lowest BCUT2D eigenvalue weighted by atomic mass is 9.94. The van der Waals surface area contributed by atoms with E-state index in [4.69, 9.17) is 19.4 Å². The van der Waals surface area contributed by atoms with Gasteiger partial charge in [-0.1, -0.05) is 30.3 Å². The number of ether oxygens (including phenoxy) is 2. The van der Waals surface area contributed by atoms with Crippen molar-refractivity contribution >= 4 is 17.1 Å². The van der Waals surface area contributed by atoms with Crippen LogP contribution in [-0.2, 0) is 11.3 Å². The molecular weight excluding hydrogens is 464 g/mol. The summed E-state index contributed by atoms with van der Waals surface area (Å²) in [6.45, 7) is 3.45. The van der Waals surface area contributed by atoms with Crippen LogP contribution in [-0.4, -0.2) is 41.2 Å². The monoisotopic (exact) mass is 492 g/mol. The van der Waals surface area contributed by atoms with Crippen LogP contribution in [0.1, 0.15) is 41.1 Å². The highest BCUT2D eigenvalue weighted by atomic mass is 16.6. The fourth-order valence-electron chi connectivity index (χ4n) is 4.88. The van der Waals surface area contributed by atoms with Crippen LogP contribution in [0.3, 0.4) is 0 Å². The summed E-state index contributed by atoms with van der Waals surface area (Å²) < 4.78 is 11.1. The van der Waals surface area contributed by atoms with Crippen LogP contribution < -0.4 is 4.74 Å². The van der Waals surface area contributed by atoms with Crippen molar-refractivity contribution in [2.45, 2.75) is 32.3 Å². The molecule has 1 amide bonds. The zero-order chi connectivity index (χ0) is 25.8. The summed E-state index contributed by atoms with van der Waals surface area (Å²) in [5, 5.41) is 10.2. The lowest BCUT2D eigenvalue weighted by molar-refractivity contribution is 0.0856. The number of carbonyl (C=O) groups excluding carboxylic acids is 1. The van der Waals surface area contributed by atoms with Crippen LogP contribution in [0.5, 0.6) is 5.75 Å². The van der Waals surface area contributed by atoms with E-state index in [1.807, 2.05) is 67.6 Å². The van der Waals surface area contributed by atoms with Gasteiger partial charge in [0.15, 0.2) is 5.65 Å². The van der Waals surface area contributed by atoms with E-state index in [2.05, 4.69) is 6.07 Å². The number of methoxy groups -OCH3 is 1. The first kappa shape index (κ1) is 24.3. The molecule has 5 rings (SSSR count). The minimum Gasteiger partial charge on any atom is -0.496 e. The number of nitrogens with zero attached hydrogens (tertiary/aromatic N) is 4. The van der Waals surface area contributed by atoms with Crippen LogP contribution in [0, 0.1) is 18.3 Å². The predicted octanol–water partition coefficient (Wildman–Crippen LogP) is 6.00. The molecule has 7 heteroatoms. The normalized spacial score (nSPS) is 15.3. The van der Waals surface area contributed by atoms with Crippen LogP contribution in [0.15, 0.2) is 66.7 Å². The van der Waals surface area contributed by atoms with Gasteiger partial charge in [-0.25, -0.2) is 14.8 Å². The molecule has 1 unspecified atom stereocenters. The molecule has 2 aromatic heterocycles. The van der Waals surface area contributed by atoms with Gasteiger partial charge < -0.3 is 14.4 Å². The number of fused-ring (bicyclic) bond motifs is 1. The Kier molecular flexibility index (Phi) is 7.00. The number of carbonyl (C=O) groups is 1. The third-order valence-electron chi connectivity index (χ3n) is 6.78. The molecule has 0 N–H and O–H groups in total. The highest BCUT2D eigenvalue weighted by Gasteiger charge is 2.27. The number of aryl methyl sites for hydroxylation is 1. The van der Waals surface area contributed by atoms with Gasteiger partial charge in [-0.3, -0.25) is 0 Å². The molecule has 4 aromatic rings. The summed E-state index contributed by atoms with van der Waals surface area (Å²) >= 11 is 0. The molecule has 1 atom stereocenters. The molecule has 2 aromatic carbocycles. The lowest BCUT2D eigenvalue weighted by Crippen LogP contribution is -2.39. The first-order valence-electron chi connectivity index (χ1n) is 12.4. The molecule has 1 aliphatic heterocycles. The van der Waals surface area contributed by atoms with Gasteiger partial charge in [0.25, 0.3) is 0 Å². The van der Waals surface area contributed by atoms with Gasteiger partial charge in [0, 0.05) is 35.7 Å². The molecule has 186 valence electrons. The van der Waals surface area contributed by atoms with E-state index in [1.54, 1.807) is 18.1 Å². The Morgan fingerprint density at radius 3 is 2.70 bits per heavy atom. The maximum atomic E-state index is 12.7. The Hall–Kier alpha value is -4.44. The number of piperidine rings is 1. The molecule has 7 nitrogen and oxygen atoms in total. The third-order valence-corrected chi connectivity index (χ3v) is 6.78. The minimum atomic E-state index is -0.293. The van der Waals surface area contributed by atoms with Gasteiger partial charge in [-0.05, 0) is 67.3 Å². The molecule has 1 fully saturated rings. The van der Waals surface area contributed by atoms with E-state index in [0.29, 0.717) is 30.0 Å². The van der Waals surface area contributed by atoms with Gasteiger partial charge >= 0.3 is 6.09 Å². The number of rotatable bonds is 5. The molecule has 0 spiro atoms. The van der Waals surface area contributed by atoms with E-state index in [0.717, 1.165) is 46.3 Å². The van der Waals surface area contributed by atoms with Crippen LogP contribution in [0.4, 0.5) is 4.79 Å². The molecule has 0 radical (unpaired) electrons. The number of nitriles is 1. The second-order valence-electron chi connectivity index (χ2n) is 9.29. The van der Waals surface area contributed by atoms with E-state index < -0.39 is 0 Å². The topological polar surface area (TPSA) is 88.3 Å². The van der Waals surface area contributed by atoms with Crippen molar-refractivity contribution in [3.63, 3.8) is 0 Å². The molecule has 0 aliphatic carbocycles. The first-order chi connectivity index (χ1) is 18.1. The zero-order valence-corrected chi connectivity index (χ0v) is 21.0. The molecule has 0 saturated carbocycles. The van der Waals surface area contributed by atoms with Crippen molar-refractivity contribution in [2.24, 2.45) is 0 Å². The standard InChI is InChI=1S/C30H28N4O3/c1-20-15-22(17-31)16-27(36-2)28(20)26-13-11-23-10-12-25(32-29(23)33-26)24-9-6-14-34(18-24)30(35)37-19-21-7-4-3-5-8-21/h3-5,7-8,10-13,15-16,24H,6,9,14,18-19H2,1-2H3. The van der Waals surface area contributed by atoms with Crippen molar-refractivity contribution in [3.05, 3.63) is 89.1 Å². The van der Waals surface area contributed by atoms with E-state index in [9.17, 15) is 10.1 Å². The van der Waals surface area contributed by atoms with E-state index in [1.165, 1.54) is 0 Å². The van der Waals surface area contributed by atoms with Gasteiger partial charge in [0.05, 0.1) is 24.4 Å². The number of hydrogen-bond acceptors (Lipinski definition) is 6. The van der Waals surface area contributed by atoms with Crippen molar-refractivity contribution in [1.82, 2.24) is 14.9 Å². The largest absolute Gasteiger partial charge is 0.496 e. The zero-order valence-electron chi connectivity index (χ0n) is 21.0. The highest BCUT2D eigenvalue weighted by molar-refractivity contribution is 5.81. The Bertz CT molecular complexity index is 1480. The average molecular weight is 493 g/mol. The fraction of sp³-hybridized carbons (Fsp3) is 0.267. The Morgan fingerprint density at radius 1 is 1.11 bits per heavy atom. The van der Waals surface area contributed by atoms with Gasteiger partial charge in [-0.15, -0.1) is 0 Å². The number of hydrogen-bond donors (Lipinski definition) is 0. The third kappa shape index (κ3) is 5.24. The van der Waals surface area contributed by atoms with Crippen LogP contribution in [0.25, 0.3) is 22.3 Å². The summed E-state index contributed by atoms with van der Waals surface area (Å²) in [6, 6.07) is 23.4. The number of benzene rings is 2. The average Bonchev–Trinajstić information content (AvgIpc) is 2.95. The van der Waals surface area contributed by atoms with E-state index >= 15 is 0 Å². The van der Waals surface area contributed by atoms with Gasteiger partial charge in [0.1, 0.15) is 12.4 Å². The maximum Gasteiger partial charge on any atom is 0.410 e. The Balaban J connectivity index is 1.37. The van der Waals surface area contributed by atoms with Crippen molar-refractivity contribution in [1.29, 1.82) is 5.26 Å². The first-order valence-corrected chi connectivity index (χ1v) is 12.4. The quantitative estimate of drug-likeness (QED) is 0.339. The highest BCUT2D eigenvalue weighted by Crippen LogP contribution is 2.34. The van der Waals surface area contributed by atoms with Crippen LogP contribution in [0.2, 0.25) is 0 Å². The summed E-state index contributed by atoms with van der Waals surface area (Å²) in [5.74, 6) is 0.718. The molecular formula is C30H28N4O3. The van der Waals surface area contributed by atoms with Crippen molar-refractivity contribution < 1.29 is 14.3 Å². The van der Waals surface area contributed by atoms with E-state index in [-0.39, 0.29) is 18.6 Å². The van der Waals surface area contributed by atoms with Crippen molar-refractivity contribution in [2.75, 3.05) is 20.2 Å². The van der Waals surface area contributed by atoms with Gasteiger partial charge in [0.2, 0.25) is 0 Å². The number of likely N-dealkylation sites (tertiary alicyclic amines) is 1. The fourth-order valence-corrected chi connectivity index (χ4v) is 4.88. The smallest absolute Gasteiger partial charge is 0.410 e. The lowest BCUT2D eigenvalue weighted by Gasteiger charge is -2.31. The molecule has 1 aliphatic rings.